The fraction of sp³-hybridized carbons (Fsp3) is 0.407. The summed E-state index contributed by atoms with van der Waals surface area (Å²) in [5.74, 6) is -0.405. The molecule has 1 atom stereocenters. The van der Waals surface area contributed by atoms with Crippen molar-refractivity contribution in [3.8, 4) is 11.5 Å². The second-order valence-electron chi connectivity index (χ2n) is 9.28. The second-order valence-corrected chi connectivity index (χ2v) is 9.28. The van der Waals surface area contributed by atoms with Crippen molar-refractivity contribution in [2.45, 2.75) is 52.0 Å². The minimum Gasteiger partial charge on any atom is -0.507 e. The number of ether oxygens (including phenoxy) is 2. The van der Waals surface area contributed by atoms with Crippen molar-refractivity contribution in [2.75, 3.05) is 20.8 Å². The molecular formula is C27H33NO5. The van der Waals surface area contributed by atoms with Gasteiger partial charge in [-0.05, 0) is 47.2 Å². The molecule has 1 N–H and O–H groups in total. The molecule has 1 heterocycles. The smallest absolute Gasteiger partial charge is 0.295 e. The molecule has 0 aliphatic carbocycles. The molecule has 2 aromatic rings. The van der Waals surface area contributed by atoms with Crippen molar-refractivity contribution in [3.63, 3.8) is 0 Å². The number of rotatable bonds is 7. The average molecular weight is 452 g/mol. The lowest BCUT2D eigenvalue weighted by Gasteiger charge is -2.26. The molecular weight excluding hydrogens is 418 g/mol. The van der Waals surface area contributed by atoms with Crippen LogP contribution in [-0.2, 0) is 15.0 Å². The largest absolute Gasteiger partial charge is 0.507 e. The standard InChI is InChI=1S/C27H33NO5/c1-7-8-15-28-23(17-9-12-19(32-5)13-10-17)22(25(30)26(28)31)24(29)20-16-18(27(2,3)4)11-14-21(20)33-6/h9-14,16,23,29H,7-8,15H2,1-6H3/b24-22+. The van der Waals surface area contributed by atoms with Gasteiger partial charge in [0.05, 0.1) is 31.4 Å². The summed E-state index contributed by atoms with van der Waals surface area (Å²) in [5, 5.41) is 11.5. The highest BCUT2D eigenvalue weighted by atomic mass is 16.5. The van der Waals surface area contributed by atoms with Gasteiger partial charge in [0, 0.05) is 6.54 Å². The summed E-state index contributed by atoms with van der Waals surface area (Å²) in [7, 11) is 3.10. The first-order valence-electron chi connectivity index (χ1n) is 11.2. The number of amides is 1. The van der Waals surface area contributed by atoms with E-state index in [4.69, 9.17) is 9.47 Å². The zero-order chi connectivity index (χ0) is 24.3. The van der Waals surface area contributed by atoms with E-state index < -0.39 is 17.7 Å². The Bertz CT molecular complexity index is 1060. The number of methoxy groups -OCH3 is 2. The summed E-state index contributed by atoms with van der Waals surface area (Å²) in [6.07, 6.45) is 1.63. The molecule has 176 valence electrons. The van der Waals surface area contributed by atoms with E-state index in [9.17, 15) is 14.7 Å². The number of benzene rings is 2. The van der Waals surface area contributed by atoms with Gasteiger partial charge in [-0.2, -0.15) is 0 Å². The van der Waals surface area contributed by atoms with E-state index in [1.165, 1.54) is 7.11 Å². The van der Waals surface area contributed by atoms with Gasteiger partial charge in [-0.3, -0.25) is 9.59 Å². The quantitative estimate of drug-likeness (QED) is 0.355. The molecule has 0 bridgehead atoms. The number of unbranched alkanes of at least 4 members (excludes halogenated alkanes) is 1. The van der Waals surface area contributed by atoms with Crippen molar-refractivity contribution in [2.24, 2.45) is 0 Å². The maximum absolute atomic E-state index is 13.2. The fourth-order valence-electron chi connectivity index (χ4n) is 4.08. The SMILES string of the molecule is CCCCN1C(=O)C(=O)/C(=C(/O)c2cc(C(C)(C)C)ccc2OC)C1c1ccc(OC)cc1. The Morgan fingerprint density at radius 2 is 1.70 bits per heavy atom. The van der Waals surface area contributed by atoms with E-state index in [-0.39, 0.29) is 16.7 Å². The minimum absolute atomic E-state index is 0.0747. The van der Waals surface area contributed by atoms with Gasteiger partial charge in [0.1, 0.15) is 17.3 Å². The number of carbonyl (C=O) groups is 2. The first kappa shape index (κ1) is 24.4. The van der Waals surface area contributed by atoms with Gasteiger partial charge >= 0.3 is 0 Å². The van der Waals surface area contributed by atoms with Gasteiger partial charge in [-0.25, -0.2) is 0 Å². The van der Waals surface area contributed by atoms with Crippen molar-refractivity contribution in [1.29, 1.82) is 0 Å². The molecule has 1 amide bonds. The van der Waals surface area contributed by atoms with E-state index in [0.717, 1.165) is 24.0 Å². The first-order valence-corrected chi connectivity index (χ1v) is 11.2. The third-order valence-electron chi connectivity index (χ3n) is 6.04. The van der Waals surface area contributed by atoms with Crippen molar-refractivity contribution in [3.05, 3.63) is 64.7 Å². The van der Waals surface area contributed by atoms with Crippen LogP contribution < -0.4 is 9.47 Å². The number of aliphatic hydroxyl groups excluding tert-OH is 1. The molecule has 1 saturated heterocycles. The fourth-order valence-corrected chi connectivity index (χ4v) is 4.08. The summed E-state index contributed by atoms with van der Waals surface area (Å²) >= 11 is 0. The second kappa shape index (κ2) is 9.69. The number of ketones is 1. The van der Waals surface area contributed by atoms with Crippen LogP contribution >= 0.6 is 0 Å². The third-order valence-corrected chi connectivity index (χ3v) is 6.04. The zero-order valence-electron chi connectivity index (χ0n) is 20.3. The summed E-state index contributed by atoms with van der Waals surface area (Å²) in [4.78, 5) is 27.8. The lowest BCUT2D eigenvalue weighted by Crippen LogP contribution is -2.30. The van der Waals surface area contributed by atoms with Gasteiger partial charge in [0.2, 0.25) is 0 Å². The van der Waals surface area contributed by atoms with Crippen LogP contribution in [0.4, 0.5) is 0 Å². The van der Waals surface area contributed by atoms with Crippen LogP contribution in [0.2, 0.25) is 0 Å². The van der Waals surface area contributed by atoms with Gasteiger partial charge in [0.15, 0.2) is 0 Å². The molecule has 1 aliphatic heterocycles. The summed E-state index contributed by atoms with van der Waals surface area (Å²) in [5.41, 5.74) is 2.01. The van der Waals surface area contributed by atoms with Crippen LogP contribution in [0.15, 0.2) is 48.0 Å². The number of likely N-dealkylation sites (tertiary alicyclic amines) is 1. The van der Waals surface area contributed by atoms with E-state index in [2.05, 4.69) is 20.8 Å². The molecule has 6 nitrogen and oxygen atoms in total. The Morgan fingerprint density at radius 1 is 1.03 bits per heavy atom. The van der Waals surface area contributed by atoms with Crippen LogP contribution in [0, 0.1) is 0 Å². The van der Waals surface area contributed by atoms with Crippen LogP contribution in [0.5, 0.6) is 11.5 Å². The lowest BCUT2D eigenvalue weighted by molar-refractivity contribution is -0.139. The van der Waals surface area contributed by atoms with Crippen LogP contribution in [0.25, 0.3) is 5.76 Å². The number of Topliss-reactive ketones (excluding diaryl/α,β-unsaturated/α-hetero) is 1. The molecule has 0 radical (unpaired) electrons. The minimum atomic E-state index is -0.689. The van der Waals surface area contributed by atoms with Crippen LogP contribution in [-0.4, -0.2) is 42.5 Å². The van der Waals surface area contributed by atoms with Crippen molar-refractivity contribution < 1.29 is 24.2 Å². The van der Waals surface area contributed by atoms with E-state index >= 15 is 0 Å². The maximum atomic E-state index is 13.2. The summed E-state index contributed by atoms with van der Waals surface area (Å²) in [6, 6.07) is 12.1. The van der Waals surface area contributed by atoms with E-state index in [1.807, 2.05) is 31.2 Å². The van der Waals surface area contributed by atoms with Crippen LogP contribution in [0.1, 0.15) is 63.3 Å². The Balaban J connectivity index is 2.24. The van der Waals surface area contributed by atoms with Crippen LogP contribution in [0.3, 0.4) is 0 Å². The molecule has 2 aromatic carbocycles. The number of carbonyl (C=O) groups excluding carboxylic acids is 2. The molecule has 0 spiro atoms. The predicted molar refractivity (Wildman–Crippen MR) is 129 cm³/mol. The molecule has 1 fully saturated rings. The molecule has 1 unspecified atom stereocenters. The van der Waals surface area contributed by atoms with Gasteiger partial charge < -0.3 is 19.5 Å². The Morgan fingerprint density at radius 3 is 2.24 bits per heavy atom. The first-order chi connectivity index (χ1) is 15.6. The number of nitrogens with zero attached hydrogens (tertiary/aromatic N) is 1. The summed E-state index contributed by atoms with van der Waals surface area (Å²) < 4.78 is 10.8. The Labute approximate surface area is 195 Å². The zero-order valence-corrected chi connectivity index (χ0v) is 20.3. The topological polar surface area (TPSA) is 76.1 Å². The highest BCUT2D eigenvalue weighted by Gasteiger charge is 2.46. The van der Waals surface area contributed by atoms with E-state index in [1.54, 1.807) is 30.2 Å². The van der Waals surface area contributed by atoms with Gasteiger partial charge in [-0.1, -0.05) is 52.3 Å². The lowest BCUT2D eigenvalue weighted by atomic mass is 9.85. The average Bonchev–Trinajstić information content (AvgIpc) is 3.06. The highest BCUT2D eigenvalue weighted by molar-refractivity contribution is 6.46. The highest BCUT2D eigenvalue weighted by Crippen LogP contribution is 2.42. The van der Waals surface area contributed by atoms with Crippen molar-refractivity contribution in [1.82, 2.24) is 4.90 Å². The Hall–Kier alpha value is -3.28. The van der Waals surface area contributed by atoms with Crippen molar-refractivity contribution >= 4 is 17.4 Å². The summed E-state index contributed by atoms with van der Waals surface area (Å²) in [6.45, 7) is 8.66. The van der Waals surface area contributed by atoms with E-state index in [0.29, 0.717) is 23.6 Å². The van der Waals surface area contributed by atoms with Gasteiger partial charge in [-0.15, -0.1) is 0 Å². The molecule has 0 aromatic heterocycles. The predicted octanol–water partition coefficient (Wildman–Crippen LogP) is 5.22. The molecule has 1 aliphatic rings. The molecule has 0 saturated carbocycles. The maximum Gasteiger partial charge on any atom is 0.295 e. The third kappa shape index (κ3) is 4.75. The number of aliphatic hydroxyl groups is 1. The Kier molecular flexibility index (Phi) is 7.15. The number of hydrogen-bond acceptors (Lipinski definition) is 5. The monoisotopic (exact) mass is 451 g/mol. The molecule has 33 heavy (non-hydrogen) atoms. The molecule has 6 heteroatoms. The normalized spacial score (nSPS) is 18.0. The number of hydrogen-bond donors (Lipinski definition) is 1. The molecule has 3 rings (SSSR count). The van der Waals surface area contributed by atoms with Gasteiger partial charge in [0.25, 0.3) is 11.7 Å².